The molecule has 3 unspecified atom stereocenters. The van der Waals surface area contributed by atoms with E-state index in [-0.39, 0.29) is 37.4 Å². The molecule has 1 N–H and O–H groups in total. The molecule has 8 nitrogen and oxygen atoms in total. The largest absolute Gasteiger partial charge is 0.377 e. The molecule has 9 heteroatoms. The molecule has 1 amide bonds. The van der Waals surface area contributed by atoms with E-state index >= 15 is 0 Å². The van der Waals surface area contributed by atoms with E-state index in [1.807, 2.05) is 13.8 Å². The summed E-state index contributed by atoms with van der Waals surface area (Å²) in [5, 5.41) is 2.59. The van der Waals surface area contributed by atoms with Crippen molar-refractivity contribution in [3.8, 4) is 0 Å². The van der Waals surface area contributed by atoms with E-state index in [4.69, 9.17) is 23.7 Å². The van der Waals surface area contributed by atoms with Crippen LogP contribution in [0.1, 0.15) is 59.8 Å². The number of carbonyl (C=O) groups excluding carboxylic acids is 2. The molecule has 0 heterocycles. The number of alkyl halides is 1. The molecule has 196 valence electrons. The summed E-state index contributed by atoms with van der Waals surface area (Å²) in [6, 6.07) is 0. The number of hydrogen-bond acceptors (Lipinski definition) is 7. The Balaban J connectivity index is 3.40. The normalized spacial score (nSPS) is 14.1. The van der Waals surface area contributed by atoms with Crippen LogP contribution in [0, 0.1) is 5.92 Å². The number of hydrogen-bond donors (Lipinski definition) is 1. The molecule has 0 bridgehead atoms. The highest BCUT2D eigenvalue weighted by molar-refractivity contribution is 5.81. The average molecular weight is 480 g/mol. The van der Waals surface area contributed by atoms with Crippen LogP contribution in [0.2, 0.25) is 0 Å². The number of amides is 1. The minimum atomic E-state index is -1.26. The van der Waals surface area contributed by atoms with Gasteiger partial charge in [-0.05, 0) is 19.8 Å². The molecule has 0 aliphatic rings. The van der Waals surface area contributed by atoms with Gasteiger partial charge in [-0.2, -0.15) is 0 Å². The van der Waals surface area contributed by atoms with Crippen molar-refractivity contribution in [2.75, 3.05) is 66.0 Å². The van der Waals surface area contributed by atoms with Crippen molar-refractivity contribution in [1.29, 1.82) is 0 Å². The number of halogens is 1. The zero-order valence-corrected chi connectivity index (χ0v) is 21.1. The molecule has 0 aromatic rings. The fraction of sp³-hybridized carbons (Fsp3) is 0.917. The van der Waals surface area contributed by atoms with Gasteiger partial charge in [0.25, 0.3) is 0 Å². The Morgan fingerprint density at radius 1 is 0.818 bits per heavy atom. The van der Waals surface area contributed by atoms with Crippen LogP contribution < -0.4 is 5.32 Å². The molecule has 0 saturated heterocycles. The molecule has 0 aromatic heterocycles. The molecular weight excluding hydrogens is 433 g/mol. The Kier molecular flexibility index (Phi) is 21.9. The van der Waals surface area contributed by atoms with Gasteiger partial charge in [-0.1, -0.05) is 33.6 Å². The maximum absolute atomic E-state index is 14.0. The van der Waals surface area contributed by atoms with Crippen molar-refractivity contribution in [3.63, 3.8) is 0 Å². The van der Waals surface area contributed by atoms with E-state index in [0.29, 0.717) is 52.7 Å². The van der Waals surface area contributed by atoms with Crippen LogP contribution in [0.3, 0.4) is 0 Å². The molecule has 0 fully saturated rings. The van der Waals surface area contributed by atoms with E-state index in [0.717, 1.165) is 25.7 Å². The van der Waals surface area contributed by atoms with Gasteiger partial charge >= 0.3 is 0 Å². The van der Waals surface area contributed by atoms with Gasteiger partial charge in [0.1, 0.15) is 12.8 Å². The third-order valence-corrected chi connectivity index (χ3v) is 5.00. The smallest absolute Gasteiger partial charge is 0.220 e. The topological polar surface area (TPSA) is 92.3 Å². The predicted octanol–water partition coefficient (Wildman–Crippen LogP) is 3.11. The van der Waals surface area contributed by atoms with Gasteiger partial charge in [-0.15, -0.1) is 0 Å². The Hall–Kier alpha value is -1.13. The standard InChI is InChI=1S/C24H46FNO7/c1-5-7-9-24(28)26-18-22(25)21(4)33-17-16-31-13-12-29-10-11-30-14-15-32-19-23(27)20(3)8-6-2/h20-22H,5-19H2,1-4H3,(H,26,28). The van der Waals surface area contributed by atoms with Crippen molar-refractivity contribution in [2.45, 2.75) is 72.1 Å². The summed E-state index contributed by atoms with van der Waals surface area (Å²) < 4.78 is 40.9. The number of Topliss-reactive ketones (excluding diaryl/α,β-unsaturated/α-hetero) is 1. The van der Waals surface area contributed by atoms with Gasteiger partial charge in [0.05, 0.1) is 65.5 Å². The van der Waals surface area contributed by atoms with Crippen molar-refractivity contribution in [2.24, 2.45) is 5.92 Å². The van der Waals surface area contributed by atoms with Crippen LogP contribution in [-0.2, 0) is 33.3 Å². The second kappa shape index (κ2) is 22.7. The molecule has 0 saturated carbocycles. The van der Waals surface area contributed by atoms with Gasteiger partial charge in [0.15, 0.2) is 5.78 Å². The van der Waals surface area contributed by atoms with Gasteiger partial charge in [-0.25, -0.2) is 4.39 Å². The molecular formula is C24H46FNO7. The highest BCUT2D eigenvalue weighted by Crippen LogP contribution is 2.06. The lowest BCUT2D eigenvalue weighted by Crippen LogP contribution is -2.36. The lowest BCUT2D eigenvalue weighted by atomic mass is 10.0. The minimum absolute atomic E-state index is 0.0388. The number of carbonyl (C=O) groups is 2. The zero-order chi connectivity index (χ0) is 24.7. The van der Waals surface area contributed by atoms with Gasteiger partial charge in [0, 0.05) is 12.3 Å². The maximum atomic E-state index is 14.0. The summed E-state index contributed by atoms with van der Waals surface area (Å²) in [5.41, 5.74) is 0. The fourth-order valence-electron chi connectivity index (χ4n) is 2.77. The minimum Gasteiger partial charge on any atom is -0.377 e. The van der Waals surface area contributed by atoms with E-state index in [9.17, 15) is 14.0 Å². The van der Waals surface area contributed by atoms with Gasteiger partial charge in [-0.3, -0.25) is 9.59 Å². The van der Waals surface area contributed by atoms with Crippen LogP contribution in [0.15, 0.2) is 0 Å². The van der Waals surface area contributed by atoms with Gasteiger partial charge < -0.3 is 29.0 Å². The third kappa shape index (κ3) is 20.0. The zero-order valence-electron chi connectivity index (χ0n) is 21.1. The lowest BCUT2D eigenvalue weighted by molar-refractivity contribution is -0.127. The number of ketones is 1. The summed E-state index contributed by atoms with van der Waals surface area (Å²) in [5.74, 6) is 0.0602. The fourth-order valence-corrected chi connectivity index (χ4v) is 2.77. The van der Waals surface area contributed by atoms with E-state index in [1.54, 1.807) is 6.92 Å². The Morgan fingerprint density at radius 3 is 1.91 bits per heavy atom. The van der Waals surface area contributed by atoms with Crippen LogP contribution in [0.4, 0.5) is 4.39 Å². The Morgan fingerprint density at radius 2 is 1.36 bits per heavy atom. The first-order valence-corrected chi connectivity index (χ1v) is 12.3. The van der Waals surface area contributed by atoms with E-state index in [2.05, 4.69) is 12.2 Å². The summed E-state index contributed by atoms with van der Waals surface area (Å²) in [4.78, 5) is 23.2. The number of rotatable bonds is 24. The molecule has 3 atom stereocenters. The molecule has 0 rings (SSSR count). The third-order valence-electron chi connectivity index (χ3n) is 5.00. The molecule has 0 aromatic carbocycles. The monoisotopic (exact) mass is 479 g/mol. The van der Waals surface area contributed by atoms with Crippen LogP contribution in [0.25, 0.3) is 0 Å². The first-order chi connectivity index (χ1) is 15.9. The SMILES string of the molecule is CCCCC(=O)NCC(F)C(C)OCCOCCOCCOCCOCC(=O)C(C)CCC. The van der Waals surface area contributed by atoms with Crippen LogP contribution >= 0.6 is 0 Å². The van der Waals surface area contributed by atoms with Crippen LogP contribution in [-0.4, -0.2) is 90.0 Å². The summed E-state index contributed by atoms with van der Waals surface area (Å²) >= 11 is 0. The molecule has 0 spiro atoms. The summed E-state index contributed by atoms with van der Waals surface area (Å²) in [6.45, 7) is 10.9. The summed E-state index contributed by atoms with van der Waals surface area (Å²) in [7, 11) is 0. The maximum Gasteiger partial charge on any atom is 0.220 e. The Bertz CT molecular complexity index is 482. The number of unbranched alkanes of at least 4 members (excludes halogenated alkanes) is 1. The second-order valence-corrected chi connectivity index (χ2v) is 8.05. The number of nitrogens with one attached hydrogen (secondary N) is 1. The first kappa shape index (κ1) is 31.9. The number of ether oxygens (including phenoxy) is 5. The average Bonchev–Trinajstić information content (AvgIpc) is 2.80. The van der Waals surface area contributed by atoms with Gasteiger partial charge in [0.2, 0.25) is 5.91 Å². The Labute approximate surface area is 199 Å². The quantitative estimate of drug-likeness (QED) is 0.213. The highest BCUT2D eigenvalue weighted by Gasteiger charge is 2.17. The predicted molar refractivity (Wildman–Crippen MR) is 125 cm³/mol. The van der Waals surface area contributed by atoms with Crippen molar-refractivity contribution in [1.82, 2.24) is 5.32 Å². The van der Waals surface area contributed by atoms with Crippen molar-refractivity contribution in [3.05, 3.63) is 0 Å². The van der Waals surface area contributed by atoms with Crippen LogP contribution in [0.5, 0.6) is 0 Å². The van der Waals surface area contributed by atoms with Crippen molar-refractivity contribution < 1.29 is 37.7 Å². The highest BCUT2D eigenvalue weighted by atomic mass is 19.1. The second-order valence-electron chi connectivity index (χ2n) is 8.05. The van der Waals surface area contributed by atoms with E-state index in [1.165, 1.54) is 0 Å². The lowest BCUT2D eigenvalue weighted by Gasteiger charge is -2.18. The molecule has 33 heavy (non-hydrogen) atoms. The van der Waals surface area contributed by atoms with Crippen molar-refractivity contribution >= 4 is 11.7 Å². The van der Waals surface area contributed by atoms with E-state index < -0.39 is 12.3 Å². The first-order valence-electron chi connectivity index (χ1n) is 12.3. The molecule has 0 aliphatic carbocycles. The molecule has 0 aliphatic heterocycles. The summed E-state index contributed by atoms with van der Waals surface area (Å²) in [6.07, 6.45) is 2.18. The molecule has 0 radical (unpaired) electrons.